The summed E-state index contributed by atoms with van der Waals surface area (Å²) >= 11 is 0.320. The number of rotatable bonds is 7. The summed E-state index contributed by atoms with van der Waals surface area (Å²) in [7, 11) is 0. The first-order valence-corrected chi connectivity index (χ1v) is 6.18. The van der Waals surface area contributed by atoms with E-state index < -0.39 is 0 Å². The molecule has 0 unspecified atom stereocenters. The molecule has 0 bridgehead atoms. The molecule has 2 N–H and O–H groups in total. The molecule has 0 aliphatic rings. The minimum atomic E-state index is 0. The molecular weight excluding hydrogens is 204 g/mol. The monoisotopic (exact) mass is 226 g/mol. The summed E-state index contributed by atoms with van der Waals surface area (Å²) in [6.07, 6.45) is 3.83. The zero-order valence-electron chi connectivity index (χ0n) is 8.45. The molecule has 3 heteroatoms. The largest absolute Gasteiger partial charge is 0.412 e. The van der Waals surface area contributed by atoms with Crippen molar-refractivity contribution in [1.82, 2.24) is 0 Å². The third-order valence-electron chi connectivity index (χ3n) is 1.41. The Hall–Kier alpha value is 0.439. The van der Waals surface area contributed by atoms with Gasteiger partial charge in [0.1, 0.15) is 0 Å². The molecular formula is C9H23CuO2. The maximum atomic E-state index is 5.66. The van der Waals surface area contributed by atoms with Gasteiger partial charge in [0.05, 0.1) is 0 Å². The number of unbranched alkanes of at least 4 members (excludes halogenated alkanes) is 2. The SMILES string of the molecule is CCCCC[O][Cu]([CH2]C)[CH2]C.O. The van der Waals surface area contributed by atoms with Crippen molar-refractivity contribution in [2.75, 3.05) is 6.61 Å². The molecule has 0 fully saturated rings. The zero-order valence-corrected chi connectivity index (χ0v) is 9.39. The normalized spacial score (nSPS) is 10.8. The minimum absolute atomic E-state index is 0. The molecule has 0 atom stereocenters. The Morgan fingerprint density at radius 1 is 1.00 bits per heavy atom. The van der Waals surface area contributed by atoms with Crippen LogP contribution in [-0.4, -0.2) is 12.1 Å². The van der Waals surface area contributed by atoms with E-state index in [9.17, 15) is 0 Å². The van der Waals surface area contributed by atoms with E-state index in [0.29, 0.717) is 14.2 Å². The summed E-state index contributed by atoms with van der Waals surface area (Å²) in [6, 6.07) is 0. The zero-order chi connectivity index (χ0) is 8.53. The smallest absolute Gasteiger partial charge is 0.412 e. The van der Waals surface area contributed by atoms with Crippen LogP contribution in [0.1, 0.15) is 40.0 Å². The molecule has 0 aromatic rings. The summed E-state index contributed by atoms with van der Waals surface area (Å²) in [5.74, 6) is 0. The molecule has 0 radical (unpaired) electrons. The molecule has 0 saturated carbocycles. The Balaban J connectivity index is 0. The van der Waals surface area contributed by atoms with Gasteiger partial charge in [0, 0.05) is 0 Å². The Kier molecular flexibility index (Phi) is 14.2. The van der Waals surface area contributed by atoms with E-state index in [2.05, 4.69) is 20.8 Å². The van der Waals surface area contributed by atoms with Crippen LogP contribution in [0.5, 0.6) is 0 Å². The number of hydrogen-bond acceptors (Lipinski definition) is 1. The summed E-state index contributed by atoms with van der Waals surface area (Å²) in [6.45, 7) is 7.58. The first-order chi connectivity index (χ1) is 5.35. The van der Waals surface area contributed by atoms with Crippen molar-refractivity contribution in [3.05, 3.63) is 0 Å². The Morgan fingerprint density at radius 2 is 1.58 bits per heavy atom. The van der Waals surface area contributed by atoms with Crippen LogP contribution in [0, 0.1) is 0 Å². The molecule has 0 amide bonds. The second kappa shape index (κ2) is 11.4. The third-order valence-corrected chi connectivity index (χ3v) is 3.47. The summed E-state index contributed by atoms with van der Waals surface area (Å²) in [4.78, 5) is 0. The molecule has 0 aliphatic carbocycles. The first-order valence-electron chi connectivity index (χ1n) is 4.46. The van der Waals surface area contributed by atoms with E-state index in [1.165, 1.54) is 29.9 Å². The summed E-state index contributed by atoms with van der Waals surface area (Å²) in [5.41, 5.74) is 0. The molecule has 12 heavy (non-hydrogen) atoms. The van der Waals surface area contributed by atoms with Crippen LogP contribution in [0.25, 0.3) is 0 Å². The minimum Gasteiger partial charge on any atom is -0.412 e. The average molecular weight is 227 g/mol. The molecule has 0 saturated heterocycles. The molecule has 0 heterocycles. The van der Waals surface area contributed by atoms with Crippen LogP contribution < -0.4 is 0 Å². The van der Waals surface area contributed by atoms with E-state index in [0.717, 1.165) is 6.61 Å². The Morgan fingerprint density at radius 3 is 2.00 bits per heavy atom. The second-order valence-corrected chi connectivity index (χ2v) is 4.87. The standard InChI is InChI=1S/C5H11O.2C2H5.Cu.H2O/c1-2-3-4-5-6;2*1-2;;/h2-5H2,1H3;2*1H2,2H3;;1H2/q-1;;;+1;. The van der Waals surface area contributed by atoms with E-state index in [-0.39, 0.29) is 5.48 Å². The third kappa shape index (κ3) is 8.54. The maximum absolute atomic E-state index is 5.66. The van der Waals surface area contributed by atoms with E-state index in [1.807, 2.05) is 0 Å². The molecule has 0 rings (SSSR count). The quantitative estimate of drug-likeness (QED) is 0.486. The average Bonchev–Trinajstić information content (AvgIpc) is 2.05. The fraction of sp³-hybridized carbons (Fsp3) is 1.00. The van der Waals surface area contributed by atoms with Gasteiger partial charge in [-0.25, -0.2) is 0 Å². The van der Waals surface area contributed by atoms with Crippen LogP contribution >= 0.6 is 0 Å². The second-order valence-electron chi connectivity index (χ2n) is 2.25. The first kappa shape index (κ1) is 14.9. The molecule has 0 spiro atoms. The van der Waals surface area contributed by atoms with Crippen molar-refractivity contribution in [3.63, 3.8) is 0 Å². The van der Waals surface area contributed by atoms with Crippen molar-refractivity contribution in [3.8, 4) is 0 Å². The predicted octanol–water partition coefficient (Wildman–Crippen LogP) is 2.78. The van der Waals surface area contributed by atoms with Crippen molar-refractivity contribution in [1.29, 1.82) is 0 Å². The fourth-order valence-corrected chi connectivity index (χ4v) is 2.02. The number of hydrogen-bond donors (Lipinski definition) is 0. The van der Waals surface area contributed by atoms with Gasteiger partial charge in [-0.1, -0.05) is 0 Å². The van der Waals surface area contributed by atoms with Crippen molar-refractivity contribution in [2.45, 2.75) is 50.7 Å². The van der Waals surface area contributed by atoms with Gasteiger partial charge < -0.3 is 5.48 Å². The fourth-order valence-electron chi connectivity index (χ4n) is 0.756. The van der Waals surface area contributed by atoms with E-state index in [4.69, 9.17) is 3.82 Å². The molecule has 2 nitrogen and oxygen atoms in total. The van der Waals surface area contributed by atoms with Gasteiger partial charge in [0.15, 0.2) is 0 Å². The van der Waals surface area contributed by atoms with Gasteiger partial charge in [-0.15, -0.1) is 0 Å². The van der Waals surface area contributed by atoms with Crippen LogP contribution in [0.4, 0.5) is 0 Å². The van der Waals surface area contributed by atoms with Gasteiger partial charge in [0.2, 0.25) is 0 Å². The van der Waals surface area contributed by atoms with Crippen molar-refractivity contribution in [2.24, 2.45) is 0 Å². The molecule has 0 aromatic heterocycles. The van der Waals surface area contributed by atoms with Gasteiger partial charge in [-0.2, -0.15) is 0 Å². The predicted molar refractivity (Wildman–Crippen MR) is 50.1 cm³/mol. The Labute approximate surface area is 81.2 Å². The van der Waals surface area contributed by atoms with E-state index >= 15 is 0 Å². The van der Waals surface area contributed by atoms with Crippen LogP contribution in [0.2, 0.25) is 10.6 Å². The molecule has 0 aromatic carbocycles. The molecule has 0 aliphatic heterocycles. The van der Waals surface area contributed by atoms with Crippen molar-refractivity contribution >= 4 is 0 Å². The van der Waals surface area contributed by atoms with Gasteiger partial charge in [0.25, 0.3) is 0 Å². The van der Waals surface area contributed by atoms with Crippen molar-refractivity contribution < 1.29 is 23.5 Å². The van der Waals surface area contributed by atoms with Crippen LogP contribution in [-0.2, 0) is 18.0 Å². The van der Waals surface area contributed by atoms with Crippen LogP contribution in [0.3, 0.4) is 0 Å². The Bertz CT molecular complexity index is 74.9. The molecule has 82 valence electrons. The van der Waals surface area contributed by atoms with Gasteiger partial charge in [-0.3, -0.25) is 0 Å². The van der Waals surface area contributed by atoms with Gasteiger partial charge in [-0.05, 0) is 0 Å². The topological polar surface area (TPSA) is 40.7 Å². The van der Waals surface area contributed by atoms with Crippen LogP contribution in [0.15, 0.2) is 0 Å². The summed E-state index contributed by atoms with van der Waals surface area (Å²) in [5, 5.41) is 2.35. The van der Waals surface area contributed by atoms with E-state index in [1.54, 1.807) is 0 Å². The maximum Gasteiger partial charge on any atom is -0.412 e. The van der Waals surface area contributed by atoms with Gasteiger partial charge >= 0.3 is 75.3 Å². The summed E-state index contributed by atoms with van der Waals surface area (Å²) < 4.78 is 5.66.